The molecular formula is C19H18F2N2O3. The summed E-state index contributed by atoms with van der Waals surface area (Å²) in [5.74, 6) is -1.57. The summed E-state index contributed by atoms with van der Waals surface area (Å²) in [4.78, 5) is 26.1. The summed E-state index contributed by atoms with van der Waals surface area (Å²) in [7, 11) is 0. The number of benzene rings is 2. The second-order valence-electron chi connectivity index (χ2n) is 6.00. The number of nitrogens with one attached hydrogen (secondary N) is 1. The summed E-state index contributed by atoms with van der Waals surface area (Å²) in [6.45, 7) is 1.62. The van der Waals surface area contributed by atoms with Crippen LogP contribution in [0.25, 0.3) is 0 Å². The predicted molar refractivity (Wildman–Crippen MR) is 91.8 cm³/mol. The molecule has 0 aromatic heterocycles. The van der Waals surface area contributed by atoms with Gasteiger partial charge in [0.15, 0.2) is 0 Å². The van der Waals surface area contributed by atoms with E-state index in [2.05, 4.69) is 5.32 Å². The molecule has 0 radical (unpaired) electrons. The maximum absolute atomic E-state index is 13.9. The molecule has 0 saturated carbocycles. The van der Waals surface area contributed by atoms with Crippen LogP contribution in [0.2, 0.25) is 0 Å². The van der Waals surface area contributed by atoms with Crippen LogP contribution in [0.15, 0.2) is 42.5 Å². The monoisotopic (exact) mass is 360 g/mol. The number of fused-ring (bicyclic) bond motifs is 1. The molecule has 1 aliphatic heterocycles. The molecule has 1 atom stereocenters. The van der Waals surface area contributed by atoms with Crippen LogP contribution in [0.5, 0.6) is 5.75 Å². The molecule has 136 valence electrons. The summed E-state index contributed by atoms with van der Waals surface area (Å²) >= 11 is 0. The molecule has 0 fully saturated rings. The summed E-state index contributed by atoms with van der Waals surface area (Å²) in [5.41, 5.74) is 0.691. The third kappa shape index (κ3) is 3.82. The fraction of sp³-hybridized carbons (Fsp3) is 0.263. The van der Waals surface area contributed by atoms with Crippen LogP contribution >= 0.6 is 0 Å². The maximum Gasteiger partial charge on any atom is 0.240 e. The first kappa shape index (κ1) is 17.8. The molecule has 5 nitrogen and oxygen atoms in total. The first-order chi connectivity index (χ1) is 12.5. The molecule has 2 amide bonds. The van der Waals surface area contributed by atoms with Crippen molar-refractivity contribution in [3.8, 4) is 5.75 Å². The smallest absolute Gasteiger partial charge is 0.240 e. The number of hydrogen-bond acceptors (Lipinski definition) is 3. The van der Waals surface area contributed by atoms with Crippen LogP contribution < -0.4 is 15.0 Å². The Morgan fingerprint density at radius 2 is 2.04 bits per heavy atom. The number of carbonyl (C=O) groups excluding carboxylic acids is 2. The molecular weight excluding hydrogens is 342 g/mol. The molecule has 3 rings (SSSR count). The summed E-state index contributed by atoms with van der Waals surface area (Å²) in [6, 6.07) is 9.49. The lowest BCUT2D eigenvalue weighted by Crippen LogP contribution is -2.41. The van der Waals surface area contributed by atoms with E-state index in [1.807, 2.05) is 0 Å². The number of nitrogens with zero attached hydrogens (tertiary/aromatic N) is 1. The molecule has 26 heavy (non-hydrogen) atoms. The van der Waals surface area contributed by atoms with Gasteiger partial charge in [0.25, 0.3) is 0 Å². The van der Waals surface area contributed by atoms with Crippen LogP contribution in [0.4, 0.5) is 14.5 Å². The van der Waals surface area contributed by atoms with Crippen molar-refractivity contribution in [2.45, 2.75) is 19.4 Å². The summed E-state index contributed by atoms with van der Waals surface area (Å²) in [5, 5.41) is 2.64. The van der Waals surface area contributed by atoms with Crippen LogP contribution in [0, 0.1) is 11.6 Å². The standard InChI is InChI=1S/C19H18F2N2O3/c1-12(14-7-6-13(20)10-15(14)21)22-18(24)11-23-16-4-2-3-5-17(16)26-9-8-19(23)25/h2-7,10,12H,8-9,11H2,1H3,(H,22,24)/t12-/m1/s1. The van der Waals surface area contributed by atoms with Gasteiger partial charge in [-0.05, 0) is 25.1 Å². The van der Waals surface area contributed by atoms with Crippen LogP contribution in [-0.2, 0) is 9.59 Å². The van der Waals surface area contributed by atoms with E-state index in [4.69, 9.17) is 4.74 Å². The van der Waals surface area contributed by atoms with Gasteiger partial charge in [0.1, 0.15) is 23.9 Å². The molecule has 2 aromatic carbocycles. The Morgan fingerprint density at radius 3 is 2.81 bits per heavy atom. The molecule has 2 aromatic rings. The van der Waals surface area contributed by atoms with E-state index in [9.17, 15) is 18.4 Å². The van der Waals surface area contributed by atoms with E-state index < -0.39 is 23.6 Å². The fourth-order valence-electron chi connectivity index (χ4n) is 2.85. The Morgan fingerprint density at radius 1 is 1.27 bits per heavy atom. The van der Waals surface area contributed by atoms with Crippen molar-refractivity contribution in [1.29, 1.82) is 0 Å². The van der Waals surface area contributed by atoms with E-state index >= 15 is 0 Å². The van der Waals surface area contributed by atoms with Gasteiger partial charge in [-0.25, -0.2) is 8.78 Å². The number of carbonyl (C=O) groups is 2. The molecule has 0 saturated heterocycles. The van der Waals surface area contributed by atoms with Crippen molar-refractivity contribution in [3.05, 3.63) is 59.7 Å². The largest absolute Gasteiger partial charge is 0.491 e. The van der Waals surface area contributed by atoms with Crippen molar-refractivity contribution >= 4 is 17.5 Å². The second-order valence-corrected chi connectivity index (χ2v) is 6.00. The molecule has 0 aliphatic carbocycles. The molecule has 1 N–H and O–H groups in total. The number of halogens is 2. The molecule has 1 aliphatic rings. The van der Waals surface area contributed by atoms with Gasteiger partial charge >= 0.3 is 0 Å². The predicted octanol–water partition coefficient (Wildman–Crippen LogP) is 2.96. The minimum absolute atomic E-state index is 0.157. The van der Waals surface area contributed by atoms with E-state index in [0.29, 0.717) is 11.4 Å². The lowest BCUT2D eigenvalue weighted by molar-refractivity contribution is -0.124. The Balaban J connectivity index is 1.74. The zero-order valence-electron chi connectivity index (χ0n) is 14.2. The van der Waals surface area contributed by atoms with Crippen molar-refractivity contribution in [1.82, 2.24) is 5.32 Å². The molecule has 0 spiro atoms. The second kappa shape index (κ2) is 7.51. The Kier molecular flexibility index (Phi) is 5.16. The average molecular weight is 360 g/mol. The van der Waals surface area contributed by atoms with Gasteiger partial charge in [-0.15, -0.1) is 0 Å². The summed E-state index contributed by atoms with van der Waals surface area (Å²) in [6.07, 6.45) is 0.157. The van der Waals surface area contributed by atoms with Crippen LogP contribution in [0.1, 0.15) is 24.9 Å². The van der Waals surface area contributed by atoms with Crippen molar-refractivity contribution in [2.75, 3.05) is 18.1 Å². The van der Waals surface area contributed by atoms with Gasteiger partial charge in [0.2, 0.25) is 11.8 Å². The number of hydrogen-bond donors (Lipinski definition) is 1. The number of amides is 2. The molecule has 0 bridgehead atoms. The van der Waals surface area contributed by atoms with Crippen LogP contribution in [-0.4, -0.2) is 25.0 Å². The fourth-order valence-corrected chi connectivity index (χ4v) is 2.85. The third-order valence-electron chi connectivity index (χ3n) is 4.14. The van der Waals surface area contributed by atoms with Crippen molar-refractivity contribution < 1.29 is 23.1 Å². The minimum Gasteiger partial charge on any atom is -0.491 e. The molecule has 0 unspecified atom stereocenters. The number of rotatable bonds is 4. The number of para-hydroxylation sites is 2. The average Bonchev–Trinajstić information content (AvgIpc) is 2.74. The SMILES string of the molecule is C[C@@H](NC(=O)CN1C(=O)CCOc2ccccc21)c1ccc(F)cc1F. The van der Waals surface area contributed by atoms with Gasteiger partial charge in [-0.1, -0.05) is 18.2 Å². The highest BCUT2D eigenvalue weighted by Crippen LogP contribution is 2.30. The lowest BCUT2D eigenvalue weighted by Gasteiger charge is -2.23. The van der Waals surface area contributed by atoms with Crippen molar-refractivity contribution in [2.24, 2.45) is 0 Å². The number of anilines is 1. The van der Waals surface area contributed by atoms with Gasteiger partial charge in [0.05, 0.1) is 24.8 Å². The van der Waals surface area contributed by atoms with Crippen LogP contribution in [0.3, 0.4) is 0 Å². The zero-order chi connectivity index (χ0) is 18.7. The van der Waals surface area contributed by atoms with Gasteiger partial charge in [0, 0.05) is 11.6 Å². The first-order valence-corrected chi connectivity index (χ1v) is 8.22. The highest BCUT2D eigenvalue weighted by molar-refractivity contribution is 6.00. The van der Waals surface area contributed by atoms with Gasteiger partial charge < -0.3 is 10.1 Å². The lowest BCUT2D eigenvalue weighted by atomic mass is 10.1. The Bertz CT molecular complexity index is 841. The minimum atomic E-state index is -0.734. The van der Waals surface area contributed by atoms with Gasteiger partial charge in [-0.2, -0.15) is 0 Å². The molecule has 7 heteroatoms. The van der Waals surface area contributed by atoms with E-state index in [1.165, 1.54) is 11.0 Å². The zero-order valence-corrected chi connectivity index (χ0v) is 14.2. The topological polar surface area (TPSA) is 58.6 Å². The quantitative estimate of drug-likeness (QED) is 0.912. The van der Waals surface area contributed by atoms with E-state index in [-0.39, 0.29) is 31.0 Å². The number of ether oxygens (including phenoxy) is 1. The van der Waals surface area contributed by atoms with E-state index in [1.54, 1.807) is 31.2 Å². The highest BCUT2D eigenvalue weighted by atomic mass is 19.1. The van der Waals surface area contributed by atoms with E-state index in [0.717, 1.165) is 12.1 Å². The van der Waals surface area contributed by atoms with Crippen molar-refractivity contribution in [3.63, 3.8) is 0 Å². The normalized spacial score (nSPS) is 14.9. The third-order valence-corrected chi connectivity index (χ3v) is 4.14. The highest BCUT2D eigenvalue weighted by Gasteiger charge is 2.25. The summed E-state index contributed by atoms with van der Waals surface area (Å²) < 4.78 is 32.4. The Labute approximate surface area is 149 Å². The molecule has 1 heterocycles. The first-order valence-electron chi connectivity index (χ1n) is 8.22. The van der Waals surface area contributed by atoms with Gasteiger partial charge in [-0.3, -0.25) is 14.5 Å². The Hall–Kier alpha value is -2.96. The maximum atomic E-state index is 13.9.